The van der Waals surface area contributed by atoms with Crippen LogP contribution in [-0.4, -0.2) is 11.8 Å². The second kappa shape index (κ2) is 8.05. The Morgan fingerprint density at radius 1 is 0.774 bits per heavy atom. The van der Waals surface area contributed by atoms with Crippen LogP contribution in [0.1, 0.15) is 27.8 Å². The van der Waals surface area contributed by atoms with Gasteiger partial charge in [-0.25, -0.2) is 4.90 Å². The van der Waals surface area contributed by atoms with Crippen molar-refractivity contribution in [2.75, 3.05) is 10.2 Å². The highest BCUT2D eigenvalue weighted by molar-refractivity contribution is 6.46. The second-order valence-electron chi connectivity index (χ2n) is 7.92. The average molecular weight is 431 g/mol. The lowest BCUT2D eigenvalue weighted by Gasteiger charge is -2.16. The summed E-state index contributed by atoms with van der Waals surface area (Å²) < 4.78 is 0. The maximum Gasteiger partial charge on any atom is 0.282 e. The first-order valence-corrected chi connectivity index (χ1v) is 10.4. The van der Waals surface area contributed by atoms with Gasteiger partial charge in [-0.2, -0.15) is 0 Å². The van der Waals surface area contributed by atoms with Crippen molar-refractivity contribution in [3.8, 4) is 0 Å². The van der Waals surface area contributed by atoms with Crippen molar-refractivity contribution >= 4 is 40.4 Å². The molecule has 0 fully saturated rings. The highest BCUT2D eigenvalue weighted by atomic mass is 35.5. The minimum Gasteiger partial charge on any atom is -0.350 e. The molecular formula is C26H23ClN2O2. The second-order valence-corrected chi connectivity index (χ2v) is 8.35. The fourth-order valence-electron chi connectivity index (χ4n) is 3.80. The van der Waals surface area contributed by atoms with Crippen LogP contribution in [0.3, 0.4) is 0 Å². The molecule has 31 heavy (non-hydrogen) atoms. The van der Waals surface area contributed by atoms with E-state index in [1.807, 2.05) is 64.1 Å². The van der Waals surface area contributed by atoms with Gasteiger partial charge in [0.2, 0.25) is 0 Å². The number of rotatable bonds is 4. The summed E-state index contributed by atoms with van der Waals surface area (Å²) in [6, 6.07) is 18.5. The third kappa shape index (κ3) is 3.87. The van der Waals surface area contributed by atoms with Crippen LogP contribution >= 0.6 is 11.6 Å². The van der Waals surface area contributed by atoms with E-state index in [4.69, 9.17) is 11.6 Å². The highest BCUT2D eigenvalue weighted by Crippen LogP contribution is 2.36. The first-order chi connectivity index (χ1) is 14.8. The van der Waals surface area contributed by atoms with E-state index in [2.05, 4.69) is 5.32 Å². The van der Waals surface area contributed by atoms with Gasteiger partial charge in [0, 0.05) is 10.7 Å². The minimum absolute atomic E-state index is 0.264. The number of aryl methyl sites for hydroxylation is 4. The third-order valence-corrected chi connectivity index (χ3v) is 5.81. The van der Waals surface area contributed by atoms with Crippen molar-refractivity contribution < 1.29 is 9.59 Å². The Hall–Kier alpha value is -3.37. The summed E-state index contributed by atoms with van der Waals surface area (Å²) in [5.74, 6) is -0.772. The van der Waals surface area contributed by atoms with Crippen LogP contribution < -0.4 is 10.2 Å². The summed E-state index contributed by atoms with van der Waals surface area (Å²) >= 11 is 6.13. The number of carbonyl (C=O) groups is 2. The van der Waals surface area contributed by atoms with Gasteiger partial charge in [-0.05, 0) is 80.3 Å². The molecule has 0 bridgehead atoms. The van der Waals surface area contributed by atoms with E-state index in [-0.39, 0.29) is 11.6 Å². The van der Waals surface area contributed by atoms with Gasteiger partial charge in [0.25, 0.3) is 11.8 Å². The quantitative estimate of drug-likeness (QED) is 0.518. The molecule has 1 heterocycles. The van der Waals surface area contributed by atoms with Crippen LogP contribution in [0.5, 0.6) is 0 Å². The molecule has 0 saturated heterocycles. The standard InChI is InChI=1S/C26H23ClN2O2/c1-15-8-11-22(18(4)12-15)23-24(28-20-10-9-16(2)17(3)13-20)26(31)29(25(23)30)21-7-5-6-19(27)14-21/h5-14,28H,1-4H3. The van der Waals surface area contributed by atoms with Crippen LogP contribution in [0.25, 0.3) is 5.57 Å². The van der Waals surface area contributed by atoms with Gasteiger partial charge in [0.15, 0.2) is 0 Å². The molecule has 0 aromatic heterocycles. The Balaban J connectivity index is 1.87. The van der Waals surface area contributed by atoms with Gasteiger partial charge in [-0.15, -0.1) is 0 Å². The minimum atomic E-state index is -0.402. The number of halogens is 1. The monoisotopic (exact) mass is 430 g/mol. The third-order valence-electron chi connectivity index (χ3n) is 5.58. The number of imide groups is 1. The normalized spacial score (nSPS) is 13.9. The predicted molar refractivity (Wildman–Crippen MR) is 126 cm³/mol. The summed E-state index contributed by atoms with van der Waals surface area (Å²) in [4.78, 5) is 28.2. The first-order valence-electron chi connectivity index (χ1n) is 10.1. The van der Waals surface area contributed by atoms with E-state index < -0.39 is 5.91 Å². The Labute approximate surface area is 187 Å². The number of anilines is 2. The molecular weight excluding hydrogens is 408 g/mol. The predicted octanol–water partition coefficient (Wildman–Crippen LogP) is 5.97. The Morgan fingerprint density at radius 2 is 1.55 bits per heavy atom. The molecule has 0 spiro atoms. The number of carbonyl (C=O) groups excluding carboxylic acids is 2. The Morgan fingerprint density at radius 3 is 2.23 bits per heavy atom. The lowest BCUT2D eigenvalue weighted by Crippen LogP contribution is -2.32. The molecule has 0 saturated carbocycles. The van der Waals surface area contributed by atoms with Crippen LogP contribution in [0.15, 0.2) is 66.4 Å². The first kappa shape index (κ1) is 20.9. The number of hydrogen-bond donors (Lipinski definition) is 1. The van der Waals surface area contributed by atoms with Crippen LogP contribution in [0.4, 0.5) is 11.4 Å². The van der Waals surface area contributed by atoms with Crippen LogP contribution in [-0.2, 0) is 9.59 Å². The van der Waals surface area contributed by atoms with E-state index in [0.717, 1.165) is 33.5 Å². The van der Waals surface area contributed by atoms with E-state index in [9.17, 15) is 9.59 Å². The van der Waals surface area contributed by atoms with Gasteiger partial charge in [0.1, 0.15) is 5.70 Å². The molecule has 0 aliphatic carbocycles. The van der Waals surface area contributed by atoms with Crippen molar-refractivity contribution in [1.29, 1.82) is 0 Å². The number of nitrogens with one attached hydrogen (secondary N) is 1. The summed E-state index contributed by atoms with van der Waals surface area (Å²) in [5.41, 5.74) is 6.85. The molecule has 2 amide bonds. The molecule has 3 aromatic rings. The molecule has 1 aliphatic rings. The van der Waals surface area contributed by atoms with E-state index in [0.29, 0.717) is 16.3 Å². The smallest absolute Gasteiger partial charge is 0.282 e. The van der Waals surface area contributed by atoms with Gasteiger partial charge in [-0.1, -0.05) is 47.5 Å². The SMILES string of the molecule is Cc1ccc(C2=C(Nc3ccc(C)c(C)c3)C(=O)N(c3cccc(Cl)c3)C2=O)c(C)c1. The maximum absolute atomic E-state index is 13.6. The van der Waals surface area contributed by atoms with Gasteiger partial charge < -0.3 is 5.32 Å². The largest absolute Gasteiger partial charge is 0.350 e. The van der Waals surface area contributed by atoms with Crippen molar-refractivity contribution in [3.05, 3.63) is 99.2 Å². The fourth-order valence-corrected chi connectivity index (χ4v) is 3.99. The summed E-state index contributed by atoms with van der Waals surface area (Å²) in [6.07, 6.45) is 0. The molecule has 3 aromatic carbocycles. The van der Waals surface area contributed by atoms with E-state index in [1.54, 1.807) is 24.3 Å². The van der Waals surface area contributed by atoms with Gasteiger partial charge in [-0.3, -0.25) is 9.59 Å². The summed E-state index contributed by atoms with van der Waals surface area (Å²) in [5, 5.41) is 3.69. The van der Waals surface area contributed by atoms with Crippen LogP contribution in [0.2, 0.25) is 5.02 Å². The summed E-state index contributed by atoms with van der Waals surface area (Å²) in [6.45, 7) is 7.99. The lowest BCUT2D eigenvalue weighted by molar-refractivity contribution is -0.120. The number of benzene rings is 3. The topological polar surface area (TPSA) is 49.4 Å². The Bertz CT molecular complexity index is 1260. The summed E-state index contributed by atoms with van der Waals surface area (Å²) in [7, 11) is 0. The molecule has 4 rings (SSSR count). The molecule has 0 unspecified atom stereocenters. The molecule has 0 radical (unpaired) electrons. The van der Waals surface area contributed by atoms with Crippen molar-refractivity contribution in [1.82, 2.24) is 0 Å². The van der Waals surface area contributed by atoms with Crippen molar-refractivity contribution in [2.45, 2.75) is 27.7 Å². The van der Waals surface area contributed by atoms with Crippen molar-refractivity contribution in [3.63, 3.8) is 0 Å². The zero-order valence-electron chi connectivity index (χ0n) is 17.9. The molecule has 5 heteroatoms. The molecule has 156 valence electrons. The maximum atomic E-state index is 13.6. The fraction of sp³-hybridized carbons (Fsp3) is 0.154. The van der Waals surface area contributed by atoms with Crippen molar-refractivity contribution in [2.24, 2.45) is 0 Å². The number of nitrogens with zero attached hydrogens (tertiary/aromatic N) is 1. The molecule has 4 nitrogen and oxygen atoms in total. The van der Waals surface area contributed by atoms with Gasteiger partial charge in [0.05, 0.1) is 11.3 Å². The van der Waals surface area contributed by atoms with Gasteiger partial charge >= 0.3 is 0 Å². The van der Waals surface area contributed by atoms with Crippen LogP contribution in [0, 0.1) is 27.7 Å². The molecule has 1 aliphatic heterocycles. The zero-order valence-corrected chi connectivity index (χ0v) is 18.7. The average Bonchev–Trinajstić information content (AvgIpc) is 2.95. The number of hydrogen-bond acceptors (Lipinski definition) is 3. The lowest BCUT2D eigenvalue weighted by atomic mass is 9.97. The van der Waals surface area contributed by atoms with E-state index in [1.165, 1.54) is 4.90 Å². The molecule has 0 atom stereocenters. The zero-order chi connectivity index (χ0) is 22.3. The number of amides is 2. The molecule has 1 N–H and O–H groups in total. The van der Waals surface area contributed by atoms with E-state index >= 15 is 0 Å². The highest BCUT2D eigenvalue weighted by Gasteiger charge is 2.40. The Kier molecular flexibility index (Phi) is 5.42.